The SMILES string of the molecule is Cc1cc(C)c(NC(C)c2ccccc2Cl)c(Br)c1. The van der Waals surface area contributed by atoms with Gasteiger partial charge in [0.2, 0.25) is 0 Å². The van der Waals surface area contributed by atoms with Crippen LogP contribution in [0.5, 0.6) is 0 Å². The van der Waals surface area contributed by atoms with Crippen LogP contribution >= 0.6 is 27.5 Å². The third kappa shape index (κ3) is 3.31. The minimum Gasteiger partial charge on any atom is -0.377 e. The molecule has 2 aromatic carbocycles. The zero-order valence-electron chi connectivity index (χ0n) is 11.3. The first kappa shape index (κ1) is 14.4. The minimum atomic E-state index is 0.159. The van der Waals surface area contributed by atoms with Gasteiger partial charge in [0.25, 0.3) is 0 Å². The summed E-state index contributed by atoms with van der Waals surface area (Å²) < 4.78 is 1.09. The van der Waals surface area contributed by atoms with Gasteiger partial charge in [-0.25, -0.2) is 0 Å². The molecule has 0 aliphatic rings. The zero-order chi connectivity index (χ0) is 14.0. The Morgan fingerprint density at radius 3 is 2.47 bits per heavy atom. The van der Waals surface area contributed by atoms with E-state index in [1.165, 1.54) is 11.1 Å². The van der Waals surface area contributed by atoms with Crippen LogP contribution in [0.25, 0.3) is 0 Å². The molecule has 0 aromatic heterocycles. The Balaban J connectivity index is 2.29. The molecule has 0 aliphatic heterocycles. The lowest BCUT2D eigenvalue weighted by atomic mass is 10.1. The second-order valence-corrected chi connectivity index (χ2v) is 6.09. The lowest BCUT2D eigenvalue weighted by Crippen LogP contribution is -2.09. The first-order chi connectivity index (χ1) is 8.99. The van der Waals surface area contributed by atoms with Crippen molar-refractivity contribution in [3.63, 3.8) is 0 Å². The third-order valence-electron chi connectivity index (χ3n) is 3.16. The van der Waals surface area contributed by atoms with Crippen molar-refractivity contribution in [2.75, 3.05) is 5.32 Å². The van der Waals surface area contributed by atoms with E-state index in [1.54, 1.807) is 0 Å². The summed E-state index contributed by atoms with van der Waals surface area (Å²) in [6.45, 7) is 6.32. The van der Waals surface area contributed by atoms with Gasteiger partial charge in [0.15, 0.2) is 0 Å². The largest absolute Gasteiger partial charge is 0.377 e. The van der Waals surface area contributed by atoms with Gasteiger partial charge < -0.3 is 5.32 Å². The van der Waals surface area contributed by atoms with Gasteiger partial charge in [-0.1, -0.05) is 35.9 Å². The molecule has 0 aliphatic carbocycles. The van der Waals surface area contributed by atoms with E-state index >= 15 is 0 Å². The van der Waals surface area contributed by atoms with E-state index in [9.17, 15) is 0 Å². The highest BCUT2D eigenvalue weighted by molar-refractivity contribution is 9.10. The number of anilines is 1. The summed E-state index contributed by atoms with van der Waals surface area (Å²) in [5.74, 6) is 0. The first-order valence-corrected chi connectivity index (χ1v) is 7.44. The maximum Gasteiger partial charge on any atom is 0.0519 e. The normalized spacial score (nSPS) is 12.3. The van der Waals surface area contributed by atoms with E-state index in [1.807, 2.05) is 18.2 Å². The van der Waals surface area contributed by atoms with E-state index in [0.29, 0.717) is 0 Å². The Morgan fingerprint density at radius 2 is 1.84 bits per heavy atom. The Morgan fingerprint density at radius 1 is 1.16 bits per heavy atom. The van der Waals surface area contributed by atoms with Gasteiger partial charge >= 0.3 is 0 Å². The number of halogens is 2. The number of nitrogens with one attached hydrogen (secondary N) is 1. The molecule has 0 amide bonds. The fraction of sp³-hybridized carbons (Fsp3) is 0.250. The summed E-state index contributed by atoms with van der Waals surface area (Å²) >= 11 is 9.86. The number of hydrogen-bond donors (Lipinski definition) is 1. The van der Waals surface area contributed by atoms with Gasteiger partial charge in [0.05, 0.1) is 11.7 Å². The second kappa shape index (κ2) is 5.98. The molecule has 19 heavy (non-hydrogen) atoms. The van der Waals surface area contributed by atoms with Crippen LogP contribution in [-0.2, 0) is 0 Å². The van der Waals surface area contributed by atoms with Gasteiger partial charge in [-0.3, -0.25) is 0 Å². The van der Waals surface area contributed by atoms with Crippen LogP contribution in [0.1, 0.15) is 29.7 Å². The molecule has 1 nitrogen and oxygen atoms in total. The van der Waals surface area contributed by atoms with Crippen LogP contribution in [0.4, 0.5) is 5.69 Å². The standard InChI is InChI=1S/C16H17BrClN/c1-10-8-11(2)16(14(17)9-10)19-12(3)13-6-4-5-7-15(13)18/h4-9,12,19H,1-3H3. The average molecular weight is 339 g/mol. The van der Waals surface area contributed by atoms with Gasteiger partial charge in [0.1, 0.15) is 0 Å². The van der Waals surface area contributed by atoms with Crippen molar-refractivity contribution in [1.29, 1.82) is 0 Å². The molecule has 0 saturated heterocycles. The maximum absolute atomic E-state index is 6.24. The fourth-order valence-electron chi connectivity index (χ4n) is 2.22. The van der Waals surface area contributed by atoms with Crippen LogP contribution in [0.2, 0.25) is 5.02 Å². The van der Waals surface area contributed by atoms with Crippen LogP contribution in [0.15, 0.2) is 40.9 Å². The molecule has 0 saturated carbocycles. The van der Waals surface area contributed by atoms with E-state index in [0.717, 1.165) is 20.7 Å². The third-order valence-corrected chi connectivity index (χ3v) is 4.13. The van der Waals surface area contributed by atoms with E-state index in [2.05, 4.69) is 60.2 Å². The topological polar surface area (TPSA) is 12.0 Å². The monoisotopic (exact) mass is 337 g/mol. The van der Waals surface area contributed by atoms with Crippen molar-refractivity contribution in [3.05, 3.63) is 62.6 Å². The van der Waals surface area contributed by atoms with Crippen LogP contribution < -0.4 is 5.32 Å². The molecule has 1 N–H and O–H groups in total. The van der Waals surface area contributed by atoms with E-state index < -0.39 is 0 Å². The van der Waals surface area contributed by atoms with E-state index in [-0.39, 0.29) is 6.04 Å². The Kier molecular flexibility index (Phi) is 4.54. The predicted molar refractivity (Wildman–Crippen MR) is 87.1 cm³/mol. The van der Waals surface area contributed by atoms with Crippen molar-refractivity contribution in [2.45, 2.75) is 26.8 Å². The lowest BCUT2D eigenvalue weighted by Gasteiger charge is -2.20. The highest BCUT2D eigenvalue weighted by Gasteiger charge is 2.12. The summed E-state index contributed by atoms with van der Waals surface area (Å²) in [5.41, 5.74) is 4.71. The number of aryl methyl sites for hydroxylation is 2. The number of hydrogen-bond acceptors (Lipinski definition) is 1. The molecule has 1 atom stereocenters. The number of benzene rings is 2. The summed E-state index contributed by atoms with van der Waals surface area (Å²) in [6.07, 6.45) is 0. The number of rotatable bonds is 3. The van der Waals surface area contributed by atoms with Gasteiger partial charge in [0, 0.05) is 9.50 Å². The predicted octanol–water partition coefficient (Wildman–Crippen LogP) is 5.89. The molecule has 3 heteroatoms. The second-order valence-electron chi connectivity index (χ2n) is 4.83. The van der Waals surface area contributed by atoms with Crippen molar-refractivity contribution in [3.8, 4) is 0 Å². The molecule has 100 valence electrons. The fourth-order valence-corrected chi connectivity index (χ4v) is 3.31. The van der Waals surface area contributed by atoms with Crippen molar-refractivity contribution >= 4 is 33.2 Å². The molecular formula is C16H17BrClN. The molecule has 0 spiro atoms. The van der Waals surface area contributed by atoms with Gasteiger partial charge in [-0.2, -0.15) is 0 Å². The Bertz CT molecular complexity index is 572. The quantitative estimate of drug-likeness (QED) is 0.735. The van der Waals surface area contributed by atoms with Crippen LogP contribution in [0.3, 0.4) is 0 Å². The molecule has 2 rings (SSSR count). The van der Waals surface area contributed by atoms with Crippen molar-refractivity contribution in [1.82, 2.24) is 0 Å². The summed E-state index contributed by atoms with van der Waals surface area (Å²) in [7, 11) is 0. The van der Waals surface area contributed by atoms with Gasteiger partial charge in [-0.05, 0) is 65.5 Å². The summed E-state index contributed by atoms with van der Waals surface area (Å²) in [4.78, 5) is 0. The zero-order valence-corrected chi connectivity index (χ0v) is 13.6. The van der Waals surface area contributed by atoms with E-state index in [4.69, 9.17) is 11.6 Å². The molecule has 0 radical (unpaired) electrons. The molecule has 1 unspecified atom stereocenters. The maximum atomic E-state index is 6.24. The first-order valence-electron chi connectivity index (χ1n) is 6.26. The molecule has 0 heterocycles. The molecule has 2 aromatic rings. The lowest BCUT2D eigenvalue weighted by molar-refractivity contribution is 0.881. The van der Waals surface area contributed by atoms with Gasteiger partial charge in [-0.15, -0.1) is 0 Å². The average Bonchev–Trinajstić information content (AvgIpc) is 2.34. The Hall–Kier alpha value is -0.990. The highest BCUT2D eigenvalue weighted by atomic mass is 79.9. The van der Waals surface area contributed by atoms with Crippen molar-refractivity contribution in [2.24, 2.45) is 0 Å². The molecule has 0 fully saturated rings. The van der Waals surface area contributed by atoms with Crippen LogP contribution in [-0.4, -0.2) is 0 Å². The Labute approximate surface area is 128 Å². The van der Waals surface area contributed by atoms with Crippen LogP contribution in [0, 0.1) is 13.8 Å². The molecule has 0 bridgehead atoms. The molecular weight excluding hydrogens is 322 g/mol. The summed E-state index contributed by atoms with van der Waals surface area (Å²) in [5, 5.41) is 4.33. The summed E-state index contributed by atoms with van der Waals surface area (Å²) in [6, 6.07) is 12.4. The highest BCUT2D eigenvalue weighted by Crippen LogP contribution is 2.32. The smallest absolute Gasteiger partial charge is 0.0519 e. The van der Waals surface area contributed by atoms with Crippen molar-refractivity contribution < 1.29 is 0 Å². The minimum absolute atomic E-state index is 0.159.